The number of aromatic nitrogens is 2. The molecule has 0 spiro atoms. The highest BCUT2D eigenvalue weighted by molar-refractivity contribution is 6.04. The van der Waals surface area contributed by atoms with Crippen LogP contribution < -0.4 is 16.2 Å². The lowest BCUT2D eigenvalue weighted by Crippen LogP contribution is -2.34. The van der Waals surface area contributed by atoms with Crippen molar-refractivity contribution in [1.82, 2.24) is 20.4 Å². The number of nitrogens with one attached hydrogen (secondary N) is 2. The molecule has 2 aromatic carbocycles. The summed E-state index contributed by atoms with van der Waals surface area (Å²) < 4.78 is 1.36. The number of rotatable bonds is 8. The predicted octanol–water partition coefficient (Wildman–Crippen LogP) is 2.60. The highest BCUT2D eigenvalue weighted by atomic mass is 35.5. The third-order valence-electron chi connectivity index (χ3n) is 4.27. The Hall–Kier alpha value is -2.70. The Morgan fingerprint density at radius 1 is 0.964 bits per heavy atom. The first-order chi connectivity index (χ1) is 13.2. The molecule has 0 radical (unpaired) electrons. The normalized spacial score (nSPS) is 10.5. The number of carbonyl (C=O) groups is 1. The zero-order valence-corrected chi connectivity index (χ0v) is 16.7. The van der Waals surface area contributed by atoms with E-state index in [0.717, 1.165) is 18.5 Å². The van der Waals surface area contributed by atoms with Crippen LogP contribution in [0.2, 0.25) is 0 Å². The van der Waals surface area contributed by atoms with Gasteiger partial charge in [-0.2, -0.15) is 5.10 Å². The molecule has 7 heteroatoms. The van der Waals surface area contributed by atoms with E-state index >= 15 is 0 Å². The Labute approximate surface area is 170 Å². The average Bonchev–Trinajstić information content (AvgIpc) is 2.70. The van der Waals surface area contributed by atoms with Crippen LogP contribution in [0.15, 0.2) is 59.4 Å². The first kappa shape index (κ1) is 21.6. The van der Waals surface area contributed by atoms with Gasteiger partial charge >= 0.3 is 0 Å². The molecule has 1 heterocycles. The zero-order chi connectivity index (χ0) is 19.1. The molecule has 0 saturated carbocycles. The molecular formula is C21H25ClN4O2. The number of hydrogen-bond acceptors (Lipinski definition) is 4. The van der Waals surface area contributed by atoms with Crippen LogP contribution in [0.4, 0.5) is 0 Å². The van der Waals surface area contributed by atoms with Gasteiger partial charge in [0.15, 0.2) is 5.69 Å². The summed E-state index contributed by atoms with van der Waals surface area (Å²) in [6.07, 6.45) is 1.05. The van der Waals surface area contributed by atoms with Crippen LogP contribution in [0.3, 0.4) is 0 Å². The Bertz CT molecular complexity index is 973. The maximum absolute atomic E-state index is 12.8. The van der Waals surface area contributed by atoms with Gasteiger partial charge in [0.05, 0.1) is 11.9 Å². The van der Waals surface area contributed by atoms with E-state index in [0.29, 0.717) is 30.4 Å². The Balaban J connectivity index is 0.00000280. The second-order valence-electron chi connectivity index (χ2n) is 6.35. The first-order valence-corrected chi connectivity index (χ1v) is 9.23. The van der Waals surface area contributed by atoms with Crippen molar-refractivity contribution in [1.29, 1.82) is 0 Å². The molecule has 148 valence electrons. The monoisotopic (exact) mass is 400 g/mol. The maximum Gasteiger partial charge on any atom is 0.274 e. The molecule has 0 aliphatic carbocycles. The van der Waals surface area contributed by atoms with E-state index in [9.17, 15) is 9.59 Å². The van der Waals surface area contributed by atoms with Gasteiger partial charge in [-0.05, 0) is 24.6 Å². The summed E-state index contributed by atoms with van der Waals surface area (Å²) in [5.41, 5.74) is 1.03. The predicted molar refractivity (Wildman–Crippen MR) is 114 cm³/mol. The minimum Gasteiger partial charge on any atom is -0.349 e. The van der Waals surface area contributed by atoms with Crippen molar-refractivity contribution < 1.29 is 4.79 Å². The van der Waals surface area contributed by atoms with Gasteiger partial charge in [0.2, 0.25) is 0 Å². The third kappa shape index (κ3) is 5.18. The maximum atomic E-state index is 12.8. The molecule has 28 heavy (non-hydrogen) atoms. The number of halogens is 1. The Morgan fingerprint density at radius 3 is 2.36 bits per heavy atom. The summed E-state index contributed by atoms with van der Waals surface area (Å²) in [6.45, 7) is 4.53. The van der Waals surface area contributed by atoms with Crippen LogP contribution in [0, 0.1) is 0 Å². The van der Waals surface area contributed by atoms with E-state index < -0.39 is 0 Å². The van der Waals surface area contributed by atoms with Crippen LogP contribution in [0.5, 0.6) is 0 Å². The number of benzene rings is 2. The van der Waals surface area contributed by atoms with E-state index in [1.165, 1.54) is 4.68 Å². The van der Waals surface area contributed by atoms with Gasteiger partial charge in [-0.25, -0.2) is 4.68 Å². The lowest BCUT2D eigenvalue weighted by molar-refractivity contribution is 0.0948. The molecule has 0 saturated heterocycles. The van der Waals surface area contributed by atoms with Crippen molar-refractivity contribution in [3.05, 3.63) is 76.2 Å². The summed E-state index contributed by atoms with van der Waals surface area (Å²) in [5, 5.41) is 11.6. The molecule has 0 atom stereocenters. The number of amides is 1. The van der Waals surface area contributed by atoms with Crippen LogP contribution in [0.25, 0.3) is 10.8 Å². The number of carbonyl (C=O) groups excluding carboxylic acids is 1. The van der Waals surface area contributed by atoms with Gasteiger partial charge < -0.3 is 10.6 Å². The molecule has 2 N–H and O–H groups in total. The Kier molecular flexibility index (Phi) is 8.17. The summed E-state index contributed by atoms with van der Waals surface area (Å²) in [4.78, 5) is 25.5. The number of hydrogen-bond donors (Lipinski definition) is 2. The minimum absolute atomic E-state index is 0. The molecule has 3 rings (SSSR count). The number of nitrogens with zero attached hydrogens (tertiary/aromatic N) is 2. The highest BCUT2D eigenvalue weighted by Crippen LogP contribution is 2.13. The van der Waals surface area contributed by atoms with Crippen molar-refractivity contribution in [2.24, 2.45) is 0 Å². The van der Waals surface area contributed by atoms with Gasteiger partial charge in [0, 0.05) is 18.5 Å². The van der Waals surface area contributed by atoms with E-state index in [4.69, 9.17) is 0 Å². The lowest BCUT2D eigenvalue weighted by atomic mass is 10.1. The molecular weight excluding hydrogens is 376 g/mol. The average molecular weight is 401 g/mol. The van der Waals surface area contributed by atoms with Crippen LogP contribution in [-0.4, -0.2) is 35.3 Å². The Morgan fingerprint density at radius 2 is 1.64 bits per heavy atom. The fourth-order valence-electron chi connectivity index (χ4n) is 2.92. The van der Waals surface area contributed by atoms with Crippen LogP contribution in [0.1, 0.15) is 29.4 Å². The molecule has 1 aromatic heterocycles. The number of fused-ring (bicyclic) bond motifs is 1. The first-order valence-electron chi connectivity index (χ1n) is 9.23. The standard InChI is InChI=1S/C21H24N4O2.ClH/c1-2-12-22-13-14-23-20(26)19-17-10-6-7-11-18(17)21(27)25(24-19)15-16-8-4-3-5-9-16;/h3-11,22H,2,12-15H2,1H3,(H,23,26);1H. The van der Waals surface area contributed by atoms with Crippen molar-refractivity contribution in [2.75, 3.05) is 19.6 Å². The molecule has 6 nitrogen and oxygen atoms in total. The molecule has 0 aliphatic rings. The fourth-order valence-corrected chi connectivity index (χ4v) is 2.92. The van der Waals surface area contributed by atoms with Gasteiger partial charge in [-0.15, -0.1) is 12.4 Å². The van der Waals surface area contributed by atoms with Gasteiger partial charge in [0.25, 0.3) is 11.5 Å². The zero-order valence-electron chi connectivity index (χ0n) is 15.9. The van der Waals surface area contributed by atoms with Crippen molar-refractivity contribution in [2.45, 2.75) is 19.9 Å². The smallest absolute Gasteiger partial charge is 0.274 e. The minimum atomic E-state index is -0.272. The van der Waals surface area contributed by atoms with E-state index in [2.05, 4.69) is 22.7 Å². The van der Waals surface area contributed by atoms with Crippen LogP contribution in [-0.2, 0) is 6.54 Å². The molecule has 0 unspecified atom stereocenters. The summed E-state index contributed by atoms with van der Waals surface area (Å²) >= 11 is 0. The fraction of sp³-hybridized carbons (Fsp3) is 0.286. The molecule has 0 aliphatic heterocycles. The van der Waals surface area contributed by atoms with Gasteiger partial charge in [-0.1, -0.05) is 55.5 Å². The van der Waals surface area contributed by atoms with Crippen LogP contribution >= 0.6 is 12.4 Å². The van der Waals surface area contributed by atoms with Crippen molar-refractivity contribution >= 4 is 29.1 Å². The van der Waals surface area contributed by atoms with Crippen molar-refractivity contribution in [3.8, 4) is 0 Å². The van der Waals surface area contributed by atoms with Crippen molar-refractivity contribution in [3.63, 3.8) is 0 Å². The topological polar surface area (TPSA) is 76.0 Å². The summed E-state index contributed by atoms with van der Waals surface area (Å²) in [7, 11) is 0. The van der Waals surface area contributed by atoms with Gasteiger partial charge in [-0.3, -0.25) is 9.59 Å². The molecule has 3 aromatic rings. The summed E-state index contributed by atoms with van der Waals surface area (Å²) in [6, 6.07) is 16.7. The largest absolute Gasteiger partial charge is 0.349 e. The highest BCUT2D eigenvalue weighted by Gasteiger charge is 2.16. The molecule has 1 amide bonds. The molecule has 0 bridgehead atoms. The lowest BCUT2D eigenvalue weighted by Gasteiger charge is -2.11. The van der Waals surface area contributed by atoms with E-state index in [1.54, 1.807) is 18.2 Å². The van der Waals surface area contributed by atoms with E-state index in [1.807, 2.05) is 36.4 Å². The second-order valence-corrected chi connectivity index (χ2v) is 6.35. The summed E-state index contributed by atoms with van der Waals surface area (Å²) in [5.74, 6) is -0.272. The van der Waals surface area contributed by atoms with E-state index in [-0.39, 0.29) is 29.6 Å². The molecule has 0 fully saturated rings. The second kappa shape index (κ2) is 10.6. The van der Waals surface area contributed by atoms with Gasteiger partial charge in [0.1, 0.15) is 0 Å². The SMILES string of the molecule is CCCNCCNC(=O)c1nn(Cc2ccccc2)c(=O)c2ccccc12.Cl. The quantitative estimate of drug-likeness (QED) is 0.570. The third-order valence-corrected chi connectivity index (χ3v) is 4.27.